The number of hydrogen-bond acceptors (Lipinski definition) is 6. The third-order valence-corrected chi connectivity index (χ3v) is 11.0. The van der Waals surface area contributed by atoms with E-state index in [-0.39, 0.29) is 55.4 Å². The Labute approximate surface area is 280 Å². The number of carbonyl (C=O) groups is 3. The Bertz CT molecular complexity index is 1700. The molecular weight excluding hydrogens is 686 g/mol. The Morgan fingerprint density at radius 2 is 1.58 bits per heavy atom. The zero-order chi connectivity index (χ0) is 32.5. The van der Waals surface area contributed by atoms with E-state index in [4.69, 9.17) is 46.4 Å². The lowest BCUT2D eigenvalue weighted by Crippen LogP contribution is -2.53. The summed E-state index contributed by atoms with van der Waals surface area (Å²) >= 11 is 24.3. The van der Waals surface area contributed by atoms with Gasteiger partial charge in [-0.3, -0.25) is 14.6 Å². The second-order valence-corrected chi connectivity index (χ2v) is 14.6. The molecule has 238 valence electrons. The molecular formula is C30H28Cl4N4O6S. The number of carboxylic acid groups (broad SMARTS) is 1. The molecule has 45 heavy (non-hydrogen) atoms. The van der Waals surface area contributed by atoms with Gasteiger partial charge in [-0.1, -0.05) is 71.4 Å². The molecule has 4 unspecified atom stereocenters. The van der Waals surface area contributed by atoms with Crippen molar-refractivity contribution < 1.29 is 27.9 Å². The molecule has 2 amide bonds. The monoisotopic (exact) mass is 712 g/mol. The molecule has 1 aliphatic heterocycles. The molecule has 4 atom stereocenters. The number of aliphatic carboxylic acids is 1. The summed E-state index contributed by atoms with van der Waals surface area (Å²) in [6, 6.07) is 7.92. The number of pyridine rings is 1. The van der Waals surface area contributed by atoms with Crippen LogP contribution >= 0.6 is 46.4 Å². The molecule has 0 bridgehead atoms. The Hall–Kier alpha value is -2.93. The molecule has 0 radical (unpaired) electrons. The Morgan fingerprint density at radius 3 is 2.20 bits per heavy atom. The second-order valence-electron chi connectivity index (χ2n) is 11.1. The van der Waals surface area contributed by atoms with E-state index < -0.39 is 39.9 Å². The summed E-state index contributed by atoms with van der Waals surface area (Å²) in [6.07, 6.45) is 5.68. The van der Waals surface area contributed by atoms with Gasteiger partial charge in [-0.25, -0.2) is 13.2 Å². The van der Waals surface area contributed by atoms with E-state index in [2.05, 4.69) is 15.6 Å². The first-order valence-corrected chi connectivity index (χ1v) is 17.0. The van der Waals surface area contributed by atoms with Crippen LogP contribution in [0.5, 0.6) is 0 Å². The molecule has 3 aromatic rings. The van der Waals surface area contributed by atoms with Crippen molar-refractivity contribution in [3.8, 4) is 0 Å². The first kappa shape index (κ1) is 33.4. The summed E-state index contributed by atoms with van der Waals surface area (Å²) in [4.78, 5) is 42.4. The highest BCUT2D eigenvalue weighted by molar-refractivity contribution is 7.89. The van der Waals surface area contributed by atoms with Crippen LogP contribution < -0.4 is 10.6 Å². The fraction of sp³-hybridized carbons (Fsp3) is 0.333. The molecule has 1 aliphatic carbocycles. The van der Waals surface area contributed by atoms with Crippen molar-refractivity contribution in [2.45, 2.75) is 49.1 Å². The third kappa shape index (κ3) is 7.40. The number of fused-ring (bicyclic) bond motifs is 1. The van der Waals surface area contributed by atoms with Gasteiger partial charge >= 0.3 is 5.97 Å². The number of anilines is 1. The summed E-state index contributed by atoms with van der Waals surface area (Å²) in [5.74, 6) is -2.81. The van der Waals surface area contributed by atoms with Crippen LogP contribution in [0, 0.1) is 11.8 Å². The van der Waals surface area contributed by atoms with Crippen molar-refractivity contribution in [3.05, 3.63) is 86.1 Å². The topological polar surface area (TPSA) is 146 Å². The minimum Gasteiger partial charge on any atom is -0.480 e. The second kappa shape index (κ2) is 13.8. The van der Waals surface area contributed by atoms with E-state index in [9.17, 15) is 27.9 Å². The van der Waals surface area contributed by atoms with E-state index in [1.165, 1.54) is 34.9 Å². The molecule has 1 aromatic heterocycles. The van der Waals surface area contributed by atoms with Gasteiger partial charge in [0.2, 0.25) is 15.9 Å². The number of aromatic nitrogens is 1. The number of hydrogen-bond donors (Lipinski definition) is 3. The molecule has 2 aromatic carbocycles. The summed E-state index contributed by atoms with van der Waals surface area (Å²) in [6.45, 7) is 0.135. The first-order valence-electron chi connectivity index (χ1n) is 14.1. The predicted octanol–water partition coefficient (Wildman–Crippen LogP) is 5.94. The average molecular weight is 714 g/mol. The highest BCUT2D eigenvalue weighted by atomic mass is 35.5. The maximum absolute atomic E-state index is 13.8. The third-order valence-electron chi connectivity index (χ3n) is 8.16. The Kier molecular flexibility index (Phi) is 10.3. The van der Waals surface area contributed by atoms with Gasteiger partial charge in [0.15, 0.2) is 0 Å². The van der Waals surface area contributed by atoms with E-state index in [0.29, 0.717) is 17.7 Å². The lowest BCUT2D eigenvalue weighted by molar-refractivity contribution is -0.142. The average Bonchev–Trinajstić information content (AvgIpc) is 3.38. The lowest BCUT2D eigenvalue weighted by atomic mass is 9.78. The van der Waals surface area contributed by atoms with E-state index in [0.717, 1.165) is 19.3 Å². The number of rotatable bonds is 9. The van der Waals surface area contributed by atoms with Gasteiger partial charge in [0.1, 0.15) is 12.1 Å². The Morgan fingerprint density at radius 1 is 0.956 bits per heavy atom. The number of benzene rings is 2. The quantitative estimate of drug-likeness (QED) is 0.249. The van der Waals surface area contributed by atoms with Gasteiger partial charge < -0.3 is 15.7 Å². The maximum Gasteiger partial charge on any atom is 0.326 e. The zero-order valence-corrected chi connectivity index (χ0v) is 27.4. The largest absolute Gasteiger partial charge is 0.480 e. The van der Waals surface area contributed by atoms with Crippen LogP contribution in [-0.4, -0.2) is 59.2 Å². The highest BCUT2D eigenvalue weighted by Crippen LogP contribution is 2.43. The smallest absolute Gasteiger partial charge is 0.326 e. The molecule has 2 fully saturated rings. The first-order chi connectivity index (χ1) is 21.3. The molecule has 1 saturated heterocycles. The van der Waals surface area contributed by atoms with Crippen molar-refractivity contribution >= 4 is 79.9 Å². The van der Waals surface area contributed by atoms with Crippen LogP contribution in [0.4, 0.5) is 5.69 Å². The number of nitrogens with zero attached hydrogens (tertiary/aromatic N) is 2. The molecule has 3 N–H and O–H groups in total. The van der Waals surface area contributed by atoms with Gasteiger partial charge in [-0.2, -0.15) is 4.31 Å². The lowest BCUT2D eigenvalue weighted by Gasteiger charge is -2.30. The van der Waals surface area contributed by atoms with Crippen molar-refractivity contribution in [3.63, 3.8) is 0 Å². The standard InChI is InChI=1S/C30H28Cl4N4O6S/c31-18-10-19(32)12-21(11-18)45(43,44)38-15-17-3-1-2-4-22(17)27(38)29(40)37-25(30(41)42)9-16-5-7-20(8-6-16)36-28(39)26-23(33)13-35-14-24(26)34/h5-8,10-14,17,22,25,27H,1-4,9,15H2,(H,36,39)(H,37,40)(H,41,42). The number of carbonyl (C=O) groups excluding carboxylic acids is 2. The molecule has 15 heteroatoms. The van der Waals surface area contributed by atoms with Crippen molar-refractivity contribution in [2.75, 3.05) is 11.9 Å². The fourth-order valence-electron chi connectivity index (χ4n) is 6.06. The number of sulfonamides is 1. The summed E-state index contributed by atoms with van der Waals surface area (Å²) in [5, 5.41) is 15.7. The van der Waals surface area contributed by atoms with Crippen LogP contribution in [0.15, 0.2) is 59.8 Å². The summed E-state index contributed by atoms with van der Waals surface area (Å²) in [5.41, 5.74) is 1.02. The van der Waals surface area contributed by atoms with Crippen LogP contribution in [0.25, 0.3) is 0 Å². The van der Waals surface area contributed by atoms with Gasteiger partial charge in [0.25, 0.3) is 5.91 Å². The van der Waals surface area contributed by atoms with Gasteiger partial charge in [-0.05, 0) is 60.6 Å². The fourth-order valence-corrected chi connectivity index (χ4v) is 9.01. The van der Waals surface area contributed by atoms with Gasteiger partial charge in [0.05, 0.1) is 20.5 Å². The number of halogens is 4. The van der Waals surface area contributed by atoms with E-state index in [1.807, 2.05) is 0 Å². The minimum atomic E-state index is -4.19. The Balaban J connectivity index is 1.33. The van der Waals surface area contributed by atoms with Gasteiger partial charge in [-0.15, -0.1) is 0 Å². The predicted molar refractivity (Wildman–Crippen MR) is 172 cm³/mol. The zero-order valence-electron chi connectivity index (χ0n) is 23.6. The van der Waals surface area contributed by atoms with Crippen molar-refractivity contribution in [2.24, 2.45) is 11.8 Å². The molecule has 2 aliphatic rings. The molecule has 1 saturated carbocycles. The van der Waals surface area contributed by atoms with Crippen LogP contribution in [0.2, 0.25) is 20.1 Å². The van der Waals surface area contributed by atoms with E-state index >= 15 is 0 Å². The number of carboxylic acids is 1. The van der Waals surface area contributed by atoms with Crippen LogP contribution in [0.1, 0.15) is 41.6 Å². The summed E-state index contributed by atoms with van der Waals surface area (Å²) in [7, 11) is -4.19. The minimum absolute atomic E-state index is 0.0399. The molecule has 5 rings (SSSR count). The van der Waals surface area contributed by atoms with E-state index in [1.54, 1.807) is 24.3 Å². The van der Waals surface area contributed by atoms with Gasteiger partial charge in [0, 0.05) is 41.1 Å². The van der Waals surface area contributed by atoms with Crippen LogP contribution in [0.3, 0.4) is 0 Å². The maximum atomic E-state index is 13.8. The number of nitrogens with one attached hydrogen (secondary N) is 2. The van der Waals surface area contributed by atoms with Crippen molar-refractivity contribution in [1.29, 1.82) is 0 Å². The normalized spacial score (nSPS) is 20.7. The molecule has 10 nitrogen and oxygen atoms in total. The number of amides is 2. The van der Waals surface area contributed by atoms with Crippen LogP contribution in [-0.2, 0) is 26.0 Å². The molecule has 2 heterocycles. The van der Waals surface area contributed by atoms with Crippen molar-refractivity contribution in [1.82, 2.24) is 14.6 Å². The molecule has 0 spiro atoms. The highest BCUT2D eigenvalue weighted by Gasteiger charge is 2.51. The summed E-state index contributed by atoms with van der Waals surface area (Å²) < 4.78 is 28.8. The SMILES string of the molecule is O=C(Nc1ccc(CC(NC(=O)C2C3CCCCC3CN2S(=O)(=O)c2cc(Cl)cc(Cl)c2)C(=O)O)cc1)c1c(Cl)cncc1Cl.